The Morgan fingerprint density at radius 2 is 1.68 bits per heavy atom. The van der Waals surface area contributed by atoms with Gasteiger partial charge in [-0.15, -0.1) is 0 Å². The zero-order valence-corrected chi connectivity index (χ0v) is 14.2. The number of nitro groups is 2. The van der Waals surface area contributed by atoms with Crippen LogP contribution in [0.1, 0.15) is 12.8 Å². The average Bonchev–Trinajstić information content (AvgIpc) is 2.54. The lowest BCUT2D eigenvalue weighted by molar-refractivity contribution is -0.392. The van der Waals surface area contributed by atoms with Gasteiger partial charge in [0.25, 0.3) is 0 Å². The molecule has 12 heteroatoms. The van der Waals surface area contributed by atoms with E-state index in [9.17, 15) is 28.6 Å². The fraction of sp³-hybridized carbons (Fsp3) is 0.538. The van der Waals surface area contributed by atoms with Gasteiger partial charge in [0.05, 0.1) is 28.0 Å². The van der Waals surface area contributed by atoms with E-state index in [1.807, 2.05) is 0 Å². The summed E-state index contributed by atoms with van der Waals surface area (Å²) in [7, 11) is -3.85. The van der Waals surface area contributed by atoms with Crippen LogP contribution in [0.4, 0.5) is 17.1 Å². The maximum atomic E-state index is 11.6. The summed E-state index contributed by atoms with van der Waals surface area (Å²) in [5, 5.41) is 25.1. The number of benzene rings is 1. The van der Waals surface area contributed by atoms with Crippen LogP contribution in [-0.2, 0) is 19.3 Å². The number of nitrogens with one attached hydrogen (secondary N) is 1. The minimum absolute atomic E-state index is 0.116. The van der Waals surface area contributed by atoms with E-state index < -0.39 is 42.2 Å². The average molecular weight is 375 g/mol. The van der Waals surface area contributed by atoms with E-state index in [1.165, 1.54) is 0 Å². The van der Waals surface area contributed by atoms with Gasteiger partial charge in [-0.2, -0.15) is 0 Å². The molecule has 2 rings (SSSR count). The Balaban J connectivity index is 2.30. The number of ether oxygens (including phenoxy) is 2. The van der Waals surface area contributed by atoms with Crippen LogP contribution < -0.4 is 5.32 Å². The van der Waals surface area contributed by atoms with Crippen molar-refractivity contribution >= 4 is 26.9 Å². The topological polar surface area (TPSA) is 151 Å². The van der Waals surface area contributed by atoms with Gasteiger partial charge in [-0.25, -0.2) is 8.42 Å². The van der Waals surface area contributed by atoms with Crippen LogP contribution in [0.5, 0.6) is 0 Å². The first-order valence-electron chi connectivity index (χ1n) is 7.34. The Hall–Kier alpha value is -2.31. The zero-order chi connectivity index (χ0) is 18.6. The molecule has 25 heavy (non-hydrogen) atoms. The van der Waals surface area contributed by atoms with E-state index in [4.69, 9.17) is 9.47 Å². The molecule has 0 unspecified atom stereocenters. The molecular formula is C13H17N3O8S. The lowest BCUT2D eigenvalue weighted by Gasteiger charge is -2.23. The van der Waals surface area contributed by atoms with Crippen molar-refractivity contribution in [3.63, 3.8) is 0 Å². The van der Waals surface area contributed by atoms with Crippen LogP contribution in [-0.4, -0.2) is 50.6 Å². The Bertz CT molecular complexity index is 738. The first kappa shape index (κ1) is 19.0. The van der Waals surface area contributed by atoms with E-state index in [0.29, 0.717) is 19.6 Å². The Morgan fingerprint density at radius 3 is 2.12 bits per heavy atom. The Kier molecular flexibility index (Phi) is 5.87. The monoisotopic (exact) mass is 375 g/mol. The third kappa shape index (κ3) is 4.84. The van der Waals surface area contributed by atoms with Gasteiger partial charge in [0.1, 0.15) is 0 Å². The molecule has 0 saturated carbocycles. The van der Waals surface area contributed by atoms with Crippen molar-refractivity contribution in [2.24, 2.45) is 0 Å². The highest BCUT2D eigenvalue weighted by molar-refractivity contribution is 7.90. The first-order chi connectivity index (χ1) is 11.7. The smallest absolute Gasteiger partial charge is 0.300 e. The highest BCUT2D eigenvalue weighted by Gasteiger charge is 2.29. The highest BCUT2D eigenvalue weighted by atomic mass is 32.2. The quantitative estimate of drug-likeness (QED) is 0.551. The van der Waals surface area contributed by atoms with E-state index in [1.54, 1.807) is 0 Å². The van der Waals surface area contributed by atoms with Gasteiger partial charge in [-0.1, -0.05) is 0 Å². The molecular weight excluding hydrogens is 358 g/mol. The van der Waals surface area contributed by atoms with Crippen molar-refractivity contribution in [2.45, 2.75) is 24.0 Å². The molecule has 0 atom stereocenters. The molecule has 0 aliphatic carbocycles. The summed E-state index contributed by atoms with van der Waals surface area (Å²) in [5.41, 5.74) is -1.71. The minimum atomic E-state index is -3.85. The summed E-state index contributed by atoms with van der Waals surface area (Å²) < 4.78 is 33.9. The van der Waals surface area contributed by atoms with Crippen LogP contribution in [0.15, 0.2) is 17.0 Å². The van der Waals surface area contributed by atoms with E-state index in [-0.39, 0.29) is 12.2 Å². The van der Waals surface area contributed by atoms with Crippen LogP contribution in [0.25, 0.3) is 0 Å². The van der Waals surface area contributed by atoms with Gasteiger partial charge in [0.2, 0.25) is 0 Å². The van der Waals surface area contributed by atoms with Crippen LogP contribution in [0.2, 0.25) is 0 Å². The summed E-state index contributed by atoms with van der Waals surface area (Å²) in [4.78, 5) is 20.3. The maximum absolute atomic E-state index is 11.6. The van der Waals surface area contributed by atoms with Gasteiger partial charge in [-0.3, -0.25) is 20.2 Å². The lowest BCUT2D eigenvalue weighted by atomic mass is 10.2. The molecule has 1 aliphatic heterocycles. The standard InChI is InChI=1S/C13H17N3O8S/c1-25(21,22)9-7-10(15(17)18)13(11(8-9)16(19)20)14-4-3-12-23-5-2-6-24-12/h7-8,12,14H,2-6H2,1H3. The second kappa shape index (κ2) is 7.72. The molecule has 0 bridgehead atoms. The molecule has 1 heterocycles. The molecule has 0 radical (unpaired) electrons. The zero-order valence-electron chi connectivity index (χ0n) is 13.3. The molecule has 1 N–H and O–H groups in total. The maximum Gasteiger partial charge on any atom is 0.300 e. The number of nitro benzene ring substituents is 2. The van der Waals surface area contributed by atoms with Crippen molar-refractivity contribution in [2.75, 3.05) is 31.3 Å². The molecule has 138 valence electrons. The number of sulfone groups is 1. The number of anilines is 1. The molecule has 0 amide bonds. The van der Waals surface area contributed by atoms with Crippen molar-refractivity contribution in [3.05, 3.63) is 32.4 Å². The van der Waals surface area contributed by atoms with Crippen molar-refractivity contribution < 1.29 is 27.7 Å². The number of rotatable bonds is 7. The summed E-state index contributed by atoms with van der Waals surface area (Å²) in [6, 6.07) is 1.61. The van der Waals surface area contributed by atoms with E-state index in [2.05, 4.69) is 5.32 Å². The van der Waals surface area contributed by atoms with Gasteiger partial charge < -0.3 is 14.8 Å². The second-order valence-corrected chi connectivity index (χ2v) is 7.38. The summed E-state index contributed by atoms with van der Waals surface area (Å²) >= 11 is 0. The summed E-state index contributed by atoms with van der Waals surface area (Å²) in [6.07, 6.45) is 1.42. The normalized spacial score (nSPS) is 15.7. The van der Waals surface area contributed by atoms with Crippen molar-refractivity contribution in [1.29, 1.82) is 0 Å². The van der Waals surface area contributed by atoms with Crippen LogP contribution in [0.3, 0.4) is 0 Å². The molecule has 1 aliphatic rings. The predicted molar refractivity (Wildman–Crippen MR) is 86.3 cm³/mol. The predicted octanol–water partition coefficient (Wildman–Crippen LogP) is 1.47. The molecule has 11 nitrogen and oxygen atoms in total. The van der Waals surface area contributed by atoms with E-state index in [0.717, 1.165) is 24.8 Å². The Labute approximate surface area is 143 Å². The van der Waals surface area contributed by atoms with Crippen molar-refractivity contribution in [1.82, 2.24) is 0 Å². The highest BCUT2D eigenvalue weighted by Crippen LogP contribution is 2.37. The number of hydrogen-bond donors (Lipinski definition) is 1. The number of hydrogen-bond acceptors (Lipinski definition) is 9. The fourth-order valence-corrected chi connectivity index (χ4v) is 2.94. The SMILES string of the molecule is CS(=O)(=O)c1cc([N+](=O)[O-])c(NCCC2OCCCO2)c([N+](=O)[O-])c1. The fourth-order valence-electron chi connectivity index (χ4n) is 2.29. The third-order valence-corrected chi connectivity index (χ3v) is 4.56. The lowest BCUT2D eigenvalue weighted by Crippen LogP contribution is -2.27. The molecule has 1 fully saturated rings. The van der Waals surface area contributed by atoms with E-state index >= 15 is 0 Å². The second-order valence-electron chi connectivity index (χ2n) is 5.36. The molecule has 0 spiro atoms. The van der Waals surface area contributed by atoms with Gasteiger partial charge >= 0.3 is 11.4 Å². The summed E-state index contributed by atoms with van der Waals surface area (Å²) in [5.74, 6) is 0. The molecule has 0 aromatic heterocycles. The van der Waals surface area contributed by atoms with Crippen LogP contribution in [0, 0.1) is 20.2 Å². The molecule has 1 aromatic rings. The third-order valence-electron chi connectivity index (χ3n) is 3.47. The largest absolute Gasteiger partial charge is 0.374 e. The van der Waals surface area contributed by atoms with Gasteiger partial charge in [0, 0.05) is 31.4 Å². The van der Waals surface area contributed by atoms with Crippen LogP contribution >= 0.6 is 0 Å². The Morgan fingerprint density at radius 1 is 1.16 bits per heavy atom. The minimum Gasteiger partial charge on any atom is -0.374 e. The molecule has 1 saturated heterocycles. The first-order valence-corrected chi connectivity index (χ1v) is 9.23. The van der Waals surface area contributed by atoms with Crippen molar-refractivity contribution in [3.8, 4) is 0 Å². The van der Waals surface area contributed by atoms with Gasteiger partial charge in [-0.05, 0) is 6.42 Å². The summed E-state index contributed by atoms with van der Waals surface area (Å²) in [6.45, 7) is 1.19. The molecule has 1 aromatic carbocycles. The van der Waals surface area contributed by atoms with Gasteiger partial charge in [0.15, 0.2) is 21.8 Å². The number of nitrogens with zero attached hydrogens (tertiary/aromatic N) is 2.